The first-order chi connectivity index (χ1) is 21.6. The monoisotopic (exact) mass is 629 g/mol. The maximum Gasteiger partial charge on any atom is 0.320 e. The first-order valence-electron chi connectivity index (χ1n) is 15.2. The van der Waals surface area contributed by atoms with Crippen molar-refractivity contribution in [1.29, 1.82) is 10.5 Å². The van der Waals surface area contributed by atoms with Gasteiger partial charge in [-0.1, -0.05) is 6.07 Å². The van der Waals surface area contributed by atoms with Crippen molar-refractivity contribution in [2.24, 2.45) is 0 Å². The van der Waals surface area contributed by atoms with E-state index in [1.165, 1.54) is 11.3 Å². The van der Waals surface area contributed by atoms with E-state index in [0.29, 0.717) is 66.2 Å². The lowest BCUT2D eigenvalue weighted by molar-refractivity contribution is 0.0977. The van der Waals surface area contributed by atoms with Crippen LogP contribution in [0.4, 0.5) is 26.8 Å². The third-order valence-electron chi connectivity index (χ3n) is 10.3. The Morgan fingerprint density at radius 2 is 2.02 bits per heavy atom. The van der Waals surface area contributed by atoms with Crippen LogP contribution < -0.4 is 26.0 Å². The Morgan fingerprint density at radius 3 is 2.76 bits per heavy atom. The minimum Gasteiger partial charge on any atom is -0.461 e. The molecule has 0 bridgehead atoms. The highest BCUT2D eigenvalue weighted by atomic mass is 32.1. The first kappa shape index (κ1) is 29.5. The number of nitriles is 2. The van der Waals surface area contributed by atoms with E-state index in [2.05, 4.69) is 26.9 Å². The fraction of sp³-hybridized carbons (Fsp3) is 0.516. The molecule has 0 aliphatic carbocycles. The number of rotatable bonds is 7. The van der Waals surface area contributed by atoms with E-state index in [9.17, 15) is 14.9 Å². The number of aromatic nitrogens is 3. The molecule has 12 nitrogen and oxygen atoms in total. The summed E-state index contributed by atoms with van der Waals surface area (Å²) in [5.41, 5.74) is 14.3. The first-order valence-corrected chi connectivity index (χ1v) is 16.0. The predicted octanol–water partition coefficient (Wildman–Crippen LogP) is 3.15. The van der Waals surface area contributed by atoms with Crippen molar-refractivity contribution >= 4 is 33.8 Å². The summed E-state index contributed by atoms with van der Waals surface area (Å²) in [6.45, 7) is 5.25. The van der Waals surface area contributed by atoms with Crippen molar-refractivity contribution in [3.05, 3.63) is 45.5 Å². The van der Waals surface area contributed by atoms with Gasteiger partial charge in [0.15, 0.2) is 11.6 Å². The summed E-state index contributed by atoms with van der Waals surface area (Å²) in [6.07, 6.45) is 3.04. The summed E-state index contributed by atoms with van der Waals surface area (Å²) in [5.74, 6) is 1.26. The minimum absolute atomic E-state index is 0.139. The smallest absolute Gasteiger partial charge is 0.320 e. The molecule has 3 saturated heterocycles. The van der Waals surface area contributed by atoms with Gasteiger partial charge in [-0.3, -0.25) is 9.80 Å². The van der Waals surface area contributed by atoms with Crippen molar-refractivity contribution in [3.8, 4) is 18.1 Å². The molecule has 0 radical (unpaired) electrons. The molecule has 14 heteroatoms. The van der Waals surface area contributed by atoms with Crippen LogP contribution in [0.5, 0.6) is 6.01 Å². The van der Waals surface area contributed by atoms with Crippen molar-refractivity contribution in [2.75, 3.05) is 68.1 Å². The Labute approximate surface area is 265 Å². The van der Waals surface area contributed by atoms with E-state index >= 15 is 0 Å². The summed E-state index contributed by atoms with van der Waals surface area (Å²) in [5, 5.41) is 21.0. The predicted molar refractivity (Wildman–Crippen MR) is 170 cm³/mol. The molecule has 7 rings (SSSR count). The second-order valence-corrected chi connectivity index (χ2v) is 13.9. The van der Waals surface area contributed by atoms with Crippen molar-refractivity contribution in [2.45, 2.75) is 56.0 Å². The molecule has 0 aromatic carbocycles. The quantitative estimate of drug-likeness (QED) is 0.394. The van der Waals surface area contributed by atoms with Gasteiger partial charge in [0, 0.05) is 61.8 Å². The van der Waals surface area contributed by atoms with E-state index in [0.717, 1.165) is 35.4 Å². The number of ether oxygens (including phenoxy) is 1. The maximum atomic E-state index is 14.5. The van der Waals surface area contributed by atoms with Gasteiger partial charge in [-0.15, -0.1) is 11.3 Å². The van der Waals surface area contributed by atoms with Crippen molar-refractivity contribution < 1.29 is 9.13 Å². The number of hydrogen-bond donors (Lipinski definition) is 2. The number of halogens is 1. The summed E-state index contributed by atoms with van der Waals surface area (Å²) in [4.78, 5) is 23.3. The lowest BCUT2D eigenvalue weighted by Gasteiger charge is -2.53. The molecule has 3 aromatic rings. The maximum absolute atomic E-state index is 14.5. The van der Waals surface area contributed by atoms with Crippen LogP contribution in [-0.4, -0.2) is 83.3 Å². The molecule has 1 spiro atoms. The van der Waals surface area contributed by atoms with Crippen LogP contribution in [0, 0.1) is 22.7 Å². The molecule has 3 atom stereocenters. The molecule has 234 valence electrons. The summed E-state index contributed by atoms with van der Waals surface area (Å²) < 4.78 is 20.8. The van der Waals surface area contributed by atoms with Crippen LogP contribution >= 0.6 is 11.3 Å². The molecule has 4 aliphatic heterocycles. The summed E-state index contributed by atoms with van der Waals surface area (Å²) in [7, 11) is 3.91. The SMILES string of the molecule is C[C@H](c1cccnc1N)N(C)c1nc(OC[C@@]23CCCN2C[C@H](F)C3)nc(N2CC3(C2)c2c(sc(N)c2C#N)CN3C)c1C#N. The average molecular weight is 630 g/mol. The second kappa shape index (κ2) is 10.7. The van der Waals surface area contributed by atoms with E-state index < -0.39 is 11.7 Å². The van der Waals surface area contributed by atoms with Gasteiger partial charge in [0.1, 0.15) is 41.3 Å². The van der Waals surface area contributed by atoms with Crippen LogP contribution in [0.1, 0.15) is 59.4 Å². The van der Waals surface area contributed by atoms with Crippen LogP contribution in [0.25, 0.3) is 0 Å². The molecule has 4 N–H and O–H groups in total. The molecule has 3 aromatic heterocycles. The van der Waals surface area contributed by atoms with Gasteiger partial charge in [0.2, 0.25) is 0 Å². The summed E-state index contributed by atoms with van der Waals surface area (Å²) in [6, 6.07) is 8.28. The van der Waals surface area contributed by atoms with E-state index in [-0.39, 0.29) is 24.2 Å². The zero-order chi connectivity index (χ0) is 31.7. The third-order valence-corrected chi connectivity index (χ3v) is 11.3. The number of fused-ring (bicyclic) bond motifs is 3. The lowest BCUT2D eigenvalue weighted by atomic mass is 9.81. The van der Waals surface area contributed by atoms with E-state index in [4.69, 9.17) is 26.2 Å². The Morgan fingerprint density at radius 1 is 1.24 bits per heavy atom. The number of alkyl halides is 1. The van der Waals surface area contributed by atoms with Gasteiger partial charge >= 0.3 is 6.01 Å². The number of nitrogens with two attached hydrogens (primary N) is 2. The van der Waals surface area contributed by atoms with Gasteiger partial charge in [0.25, 0.3) is 0 Å². The Hall–Kier alpha value is -4.24. The number of nitrogen functional groups attached to an aromatic ring is 2. The van der Waals surface area contributed by atoms with Crippen molar-refractivity contribution in [3.63, 3.8) is 0 Å². The van der Waals surface area contributed by atoms with Gasteiger partial charge < -0.3 is 26.0 Å². The van der Waals surface area contributed by atoms with Gasteiger partial charge in [-0.05, 0) is 39.4 Å². The molecule has 7 heterocycles. The Balaban J connectivity index is 1.26. The van der Waals surface area contributed by atoms with Gasteiger partial charge in [0.05, 0.1) is 22.7 Å². The highest BCUT2D eigenvalue weighted by Crippen LogP contribution is 2.52. The number of anilines is 4. The Bertz CT molecular complexity index is 1740. The summed E-state index contributed by atoms with van der Waals surface area (Å²) >= 11 is 1.47. The molecule has 45 heavy (non-hydrogen) atoms. The standard InChI is InChI=1S/C31H36FN11OS/c1-18(20-6-4-8-37-25(20)35)41(3)27-22(12-34)28(39-29(38-27)44-17-30-7-5-9-43(30)13-19(32)10-30)42-15-31(16-42)24-21(11-33)26(36)45-23(24)14-40(31)2/h4,6,8,18-19H,5,7,9-10,13-17,36H2,1-3H3,(H2,35,37)/t18-,19-,30+/m1/s1. The largest absolute Gasteiger partial charge is 0.461 e. The zero-order valence-electron chi connectivity index (χ0n) is 25.6. The highest BCUT2D eigenvalue weighted by Gasteiger charge is 2.56. The number of thiophene rings is 1. The lowest BCUT2D eigenvalue weighted by Crippen LogP contribution is -2.65. The van der Waals surface area contributed by atoms with E-state index in [1.807, 2.05) is 43.0 Å². The minimum atomic E-state index is -0.881. The molecule has 0 saturated carbocycles. The third kappa shape index (κ3) is 4.46. The molecular weight excluding hydrogens is 593 g/mol. The zero-order valence-corrected chi connectivity index (χ0v) is 26.4. The number of hydrogen-bond acceptors (Lipinski definition) is 13. The molecule has 0 unspecified atom stereocenters. The molecule has 4 aliphatic rings. The van der Waals surface area contributed by atoms with Gasteiger partial charge in [-0.25, -0.2) is 9.37 Å². The topological polar surface area (TPSA) is 160 Å². The van der Waals surface area contributed by atoms with Crippen molar-refractivity contribution in [1.82, 2.24) is 24.8 Å². The van der Waals surface area contributed by atoms with Crippen LogP contribution in [0.15, 0.2) is 18.3 Å². The number of nitrogens with zero attached hydrogens (tertiary/aromatic N) is 9. The Kier molecular flexibility index (Phi) is 7.00. The number of likely N-dealkylation sites (N-methyl/N-ethyl adjacent to an activating group) is 1. The van der Waals surface area contributed by atoms with Crippen LogP contribution in [0.2, 0.25) is 0 Å². The number of pyridine rings is 1. The van der Waals surface area contributed by atoms with Crippen LogP contribution in [-0.2, 0) is 12.1 Å². The fourth-order valence-corrected chi connectivity index (χ4v) is 8.96. The highest BCUT2D eigenvalue weighted by molar-refractivity contribution is 7.16. The molecule has 3 fully saturated rings. The van der Waals surface area contributed by atoms with E-state index in [1.54, 1.807) is 6.20 Å². The normalized spacial score (nSPS) is 24.1. The molecule has 0 amide bonds. The van der Waals surface area contributed by atoms with Crippen LogP contribution in [0.3, 0.4) is 0 Å². The molecular formula is C31H36FN11OS. The second-order valence-electron chi connectivity index (χ2n) is 12.8. The van der Waals surface area contributed by atoms with Gasteiger partial charge in [-0.2, -0.15) is 20.5 Å². The fourth-order valence-electron chi connectivity index (χ4n) is 7.79. The average Bonchev–Trinajstić information content (AvgIpc) is 3.70.